The number of methoxy groups -OCH3 is 1. The zero-order chi connectivity index (χ0) is 17.4. The summed E-state index contributed by atoms with van der Waals surface area (Å²) in [7, 11) is 1.67. The van der Waals surface area contributed by atoms with E-state index in [9.17, 15) is 4.79 Å². The third-order valence-corrected chi connectivity index (χ3v) is 4.31. The number of nitrogens with one attached hydrogen (secondary N) is 2. The molecule has 4 rings (SSSR count). The van der Waals surface area contributed by atoms with Crippen LogP contribution < -0.4 is 11.3 Å². The predicted molar refractivity (Wildman–Crippen MR) is 96.1 cm³/mol. The van der Waals surface area contributed by atoms with Gasteiger partial charge in [0.1, 0.15) is 5.65 Å². The molecule has 0 saturated heterocycles. The fourth-order valence-corrected chi connectivity index (χ4v) is 3.05. The smallest absolute Gasteiger partial charge is 0.272 e. The van der Waals surface area contributed by atoms with E-state index in [0.29, 0.717) is 17.7 Å². The third-order valence-electron chi connectivity index (χ3n) is 4.31. The molecule has 1 aromatic carbocycles. The highest BCUT2D eigenvalue weighted by atomic mass is 16.5. The Morgan fingerprint density at radius 1 is 1.16 bits per heavy atom. The zero-order valence-corrected chi connectivity index (χ0v) is 13.7. The second kappa shape index (κ2) is 6.12. The van der Waals surface area contributed by atoms with Crippen molar-refractivity contribution in [1.29, 1.82) is 0 Å². The Bertz CT molecular complexity index is 1130. The Labute approximate surface area is 142 Å². The lowest BCUT2D eigenvalue weighted by Crippen LogP contribution is -2.13. The molecule has 3 heterocycles. The zero-order valence-electron chi connectivity index (χ0n) is 13.7. The number of rotatable bonds is 4. The first-order chi connectivity index (χ1) is 12.2. The second-order valence-electron chi connectivity index (χ2n) is 5.83. The molecule has 3 aromatic heterocycles. The number of benzene rings is 1. The number of pyridine rings is 1. The van der Waals surface area contributed by atoms with E-state index in [1.54, 1.807) is 19.4 Å². The molecular formula is C18H17N5O2. The van der Waals surface area contributed by atoms with Crippen LogP contribution in [-0.2, 0) is 17.9 Å². The number of nitrogens with zero attached hydrogens (tertiary/aromatic N) is 2. The summed E-state index contributed by atoms with van der Waals surface area (Å²) in [5, 5.41) is 8.87. The summed E-state index contributed by atoms with van der Waals surface area (Å²) < 4.78 is 5.23. The van der Waals surface area contributed by atoms with Gasteiger partial charge in [0, 0.05) is 47.9 Å². The van der Waals surface area contributed by atoms with Crippen molar-refractivity contribution in [2.24, 2.45) is 5.73 Å². The lowest BCUT2D eigenvalue weighted by Gasteiger charge is -2.07. The minimum atomic E-state index is -0.222. The predicted octanol–water partition coefficient (Wildman–Crippen LogP) is 2.07. The lowest BCUT2D eigenvalue weighted by molar-refractivity contribution is 0.186. The summed E-state index contributed by atoms with van der Waals surface area (Å²) in [5.74, 6) is 0. The van der Waals surface area contributed by atoms with Gasteiger partial charge in [0.2, 0.25) is 0 Å². The van der Waals surface area contributed by atoms with Gasteiger partial charge in [0.25, 0.3) is 5.56 Å². The average Bonchev–Trinajstić information content (AvgIpc) is 3.04. The minimum Gasteiger partial charge on any atom is -0.380 e. The van der Waals surface area contributed by atoms with Crippen LogP contribution in [0.4, 0.5) is 0 Å². The molecule has 4 aromatic rings. The van der Waals surface area contributed by atoms with Gasteiger partial charge < -0.3 is 15.5 Å². The molecule has 0 unspecified atom stereocenters. The van der Waals surface area contributed by atoms with Crippen LogP contribution in [0.5, 0.6) is 0 Å². The summed E-state index contributed by atoms with van der Waals surface area (Å²) >= 11 is 0. The number of aromatic amines is 2. The first kappa shape index (κ1) is 15.5. The number of hydrogen-bond donors (Lipinski definition) is 3. The van der Waals surface area contributed by atoms with E-state index in [1.807, 2.05) is 18.3 Å². The van der Waals surface area contributed by atoms with Crippen LogP contribution in [0.25, 0.3) is 32.9 Å². The molecule has 0 atom stereocenters. The molecule has 0 fully saturated rings. The molecule has 0 spiro atoms. The Hall–Kier alpha value is -3.03. The third kappa shape index (κ3) is 2.59. The Morgan fingerprint density at radius 3 is 2.80 bits per heavy atom. The van der Waals surface area contributed by atoms with Crippen molar-refractivity contribution in [2.75, 3.05) is 7.11 Å². The van der Waals surface area contributed by atoms with Gasteiger partial charge in [-0.3, -0.25) is 4.79 Å². The number of aromatic nitrogens is 4. The maximum Gasteiger partial charge on any atom is 0.272 e. The largest absolute Gasteiger partial charge is 0.380 e. The maximum atomic E-state index is 12.0. The standard InChI is InChI=1S/C18H17N5O2/c1-25-9-12-8-21-17-14(12)5-11(7-20-17)10-2-3-13-15(4-10)16(6-19)22-23-18(13)24/h2-5,7-8H,6,9,19H2,1H3,(H,20,21)(H,23,24). The van der Waals surface area contributed by atoms with Gasteiger partial charge in [-0.15, -0.1) is 0 Å². The highest BCUT2D eigenvalue weighted by Gasteiger charge is 2.10. The van der Waals surface area contributed by atoms with Gasteiger partial charge in [-0.25, -0.2) is 10.1 Å². The van der Waals surface area contributed by atoms with Crippen LogP contribution >= 0.6 is 0 Å². The molecule has 0 saturated carbocycles. The first-order valence-corrected chi connectivity index (χ1v) is 7.88. The molecule has 7 nitrogen and oxygen atoms in total. The average molecular weight is 335 g/mol. The Morgan fingerprint density at radius 2 is 2.00 bits per heavy atom. The molecule has 0 amide bonds. The molecule has 25 heavy (non-hydrogen) atoms. The molecule has 0 bridgehead atoms. The fourth-order valence-electron chi connectivity index (χ4n) is 3.05. The van der Waals surface area contributed by atoms with Gasteiger partial charge in [0.05, 0.1) is 17.7 Å². The fraction of sp³-hybridized carbons (Fsp3) is 0.167. The van der Waals surface area contributed by atoms with Crippen LogP contribution in [0.3, 0.4) is 0 Å². The van der Waals surface area contributed by atoms with Crippen molar-refractivity contribution in [3.8, 4) is 11.1 Å². The first-order valence-electron chi connectivity index (χ1n) is 7.88. The van der Waals surface area contributed by atoms with Crippen LogP contribution in [0.15, 0.2) is 41.5 Å². The van der Waals surface area contributed by atoms with Crippen molar-refractivity contribution in [1.82, 2.24) is 20.2 Å². The molecule has 126 valence electrons. The van der Waals surface area contributed by atoms with Crippen molar-refractivity contribution in [2.45, 2.75) is 13.2 Å². The van der Waals surface area contributed by atoms with Crippen molar-refractivity contribution < 1.29 is 4.74 Å². The maximum absolute atomic E-state index is 12.0. The number of H-pyrrole nitrogens is 2. The highest BCUT2D eigenvalue weighted by molar-refractivity contribution is 5.90. The topological polar surface area (TPSA) is 110 Å². The Kier molecular flexibility index (Phi) is 3.79. The Balaban J connectivity index is 1.90. The molecular weight excluding hydrogens is 318 g/mol. The van der Waals surface area contributed by atoms with Gasteiger partial charge >= 0.3 is 0 Å². The van der Waals surface area contributed by atoms with Crippen LogP contribution in [0.2, 0.25) is 0 Å². The van der Waals surface area contributed by atoms with E-state index in [2.05, 4.69) is 26.2 Å². The van der Waals surface area contributed by atoms with Gasteiger partial charge in [0.15, 0.2) is 0 Å². The van der Waals surface area contributed by atoms with E-state index in [-0.39, 0.29) is 12.1 Å². The van der Waals surface area contributed by atoms with E-state index in [4.69, 9.17) is 10.5 Å². The molecule has 7 heteroatoms. The summed E-state index contributed by atoms with van der Waals surface area (Å²) in [6, 6.07) is 7.70. The summed E-state index contributed by atoms with van der Waals surface area (Å²) in [6.07, 6.45) is 3.71. The number of hydrogen-bond acceptors (Lipinski definition) is 5. The van der Waals surface area contributed by atoms with Crippen LogP contribution in [-0.4, -0.2) is 27.3 Å². The second-order valence-corrected chi connectivity index (χ2v) is 5.83. The van der Waals surface area contributed by atoms with E-state index in [1.165, 1.54) is 0 Å². The van der Waals surface area contributed by atoms with Crippen molar-refractivity contribution >= 4 is 21.8 Å². The van der Waals surface area contributed by atoms with Crippen molar-refractivity contribution in [3.05, 3.63) is 58.3 Å². The van der Waals surface area contributed by atoms with Gasteiger partial charge in [-0.1, -0.05) is 6.07 Å². The van der Waals surface area contributed by atoms with Crippen molar-refractivity contribution in [3.63, 3.8) is 0 Å². The minimum absolute atomic E-state index is 0.222. The normalized spacial score (nSPS) is 11.4. The summed E-state index contributed by atoms with van der Waals surface area (Å²) in [5.41, 5.74) is 9.96. The van der Waals surface area contributed by atoms with Gasteiger partial charge in [-0.05, 0) is 23.8 Å². The van der Waals surface area contributed by atoms with Gasteiger partial charge in [-0.2, -0.15) is 5.10 Å². The molecule has 0 radical (unpaired) electrons. The molecule has 0 aliphatic heterocycles. The molecule has 0 aliphatic carbocycles. The molecule has 0 aliphatic rings. The van der Waals surface area contributed by atoms with Crippen LogP contribution in [0, 0.1) is 0 Å². The van der Waals surface area contributed by atoms with E-state index in [0.717, 1.165) is 33.1 Å². The quantitative estimate of drug-likeness (QED) is 0.529. The monoisotopic (exact) mass is 335 g/mol. The number of fused-ring (bicyclic) bond motifs is 2. The number of ether oxygens (including phenoxy) is 1. The molecule has 4 N–H and O–H groups in total. The lowest BCUT2D eigenvalue weighted by atomic mass is 10.0. The van der Waals surface area contributed by atoms with Crippen LogP contribution in [0.1, 0.15) is 11.3 Å². The number of nitrogens with two attached hydrogens (primary N) is 1. The summed E-state index contributed by atoms with van der Waals surface area (Å²) in [4.78, 5) is 19.6. The van der Waals surface area contributed by atoms with E-state index < -0.39 is 0 Å². The summed E-state index contributed by atoms with van der Waals surface area (Å²) in [6.45, 7) is 0.767. The highest BCUT2D eigenvalue weighted by Crippen LogP contribution is 2.27. The SMILES string of the molecule is COCc1c[nH]c2ncc(-c3ccc4c(=O)[nH]nc(CN)c4c3)cc12. The van der Waals surface area contributed by atoms with E-state index >= 15 is 0 Å².